The molecule has 0 aliphatic heterocycles. The molecule has 0 bridgehead atoms. The van der Waals surface area contributed by atoms with E-state index in [-0.39, 0.29) is 17.2 Å². The molecule has 1 fully saturated rings. The van der Waals surface area contributed by atoms with Crippen LogP contribution in [0.25, 0.3) is 5.70 Å². The van der Waals surface area contributed by atoms with Gasteiger partial charge >= 0.3 is 0 Å². The summed E-state index contributed by atoms with van der Waals surface area (Å²) in [7, 11) is 1.62. The van der Waals surface area contributed by atoms with Crippen molar-refractivity contribution in [2.75, 3.05) is 7.05 Å². The van der Waals surface area contributed by atoms with E-state index in [0.29, 0.717) is 17.0 Å². The number of allylic oxidation sites excluding steroid dienone is 1. The number of hydrogen-bond donors (Lipinski definition) is 2. The number of nitrogens with one attached hydrogen (secondary N) is 2. The highest BCUT2D eigenvalue weighted by Crippen LogP contribution is 2.35. The van der Waals surface area contributed by atoms with Crippen LogP contribution in [0.4, 0.5) is 4.39 Å². The van der Waals surface area contributed by atoms with Gasteiger partial charge in [-0.3, -0.25) is 0 Å². The molecule has 0 saturated heterocycles. The van der Waals surface area contributed by atoms with Gasteiger partial charge in [0.2, 0.25) is 0 Å². The molecule has 1 aliphatic rings. The van der Waals surface area contributed by atoms with E-state index in [9.17, 15) is 9.65 Å². The molecule has 0 heterocycles. The zero-order chi connectivity index (χ0) is 14.7. The number of nitriles is 1. The van der Waals surface area contributed by atoms with Crippen molar-refractivity contribution in [1.29, 1.82) is 10.7 Å². The summed E-state index contributed by atoms with van der Waals surface area (Å²) in [6.07, 6.45) is 4.53. The van der Waals surface area contributed by atoms with Crippen molar-refractivity contribution in [3.8, 4) is 11.8 Å². The van der Waals surface area contributed by atoms with E-state index in [1.54, 1.807) is 20.0 Å². The van der Waals surface area contributed by atoms with Crippen LogP contribution in [0.2, 0.25) is 0 Å². The molecular weight excluding hydrogens is 257 g/mol. The zero-order valence-electron chi connectivity index (χ0n) is 11.5. The van der Waals surface area contributed by atoms with Gasteiger partial charge in [-0.2, -0.15) is 5.26 Å². The summed E-state index contributed by atoms with van der Waals surface area (Å²) in [6, 6.07) is 3.58. The molecule has 0 atom stereocenters. The Labute approximate surface area is 117 Å². The first kappa shape index (κ1) is 14.1. The number of ether oxygens (including phenoxy) is 1. The van der Waals surface area contributed by atoms with E-state index in [0.717, 1.165) is 19.1 Å². The Balaban J connectivity index is 2.63. The minimum atomic E-state index is -0.466. The quantitative estimate of drug-likeness (QED) is 0.810. The molecule has 1 aromatic carbocycles. The van der Waals surface area contributed by atoms with Gasteiger partial charge in [0.15, 0.2) is 0 Å². The summed E-state index contributed by atoms with van der Waals surface area (Å²) >= 11 is 0. The van der Waals surface area contributed by atoms with Crippen LogP contribution >= 0.6 is 0 Å². The van der Waals surface area contributed by atoms with E-state index in [2.05, 4.69) is 5.32 Å². The molecule has 20 heavy (non-hydrogen) atoms. The van der Waals surface area contributed by atoms with Gasteiger partial charge in [0.05, 0.1) is 11.7 Å². The molecule has 0 unspecified atom stereocenters. The standard InChI is InChI=1S/C15H16FN3O/c1-9-7-13(20-10-3-4-10)11(8-18)14(15(9)16)12(19-2)5-6-17/h5-7,10,17,19H,3-4H2,1-2H3/b12-5-,17-6?. The lowest BCUT2D eigenvalue weighted by molar-refractivity contribution is 0.301. The lowest BCUT2D eigenvalue weighted by atomic mass is 9.99. The van der Waals surface area contributed by atoms with Crippen molar-refractivity contribution in [3.63, 3.8) is 0 Å². The second-order valence-electron chi connectivity index (χ2n) is 4.68. The SMILES string of the molecule is CN/C(=C\C=N)c1c(F)c(C)cc(OC2CC2)c1C#N. The fourth-order valence-corrected chi connectivity index (χ4v) is 1.96. The molecular formula is C15H16FN3O. The van der Waals surface area contributed by atoms with E-state index < -0.39 is 5.82 Å². The second kappa shape index (κ2) is 5.74. The first-order chi connectivity index (χ1) is 9.62. The van der Waals surface area contributed by atoms with Crippen LogP contribution in [-0.2, 0) is 0 Å². The van der Waals surface area contributed by atoms with Gasteiger partial charge in [0, 0.05) is 19.0 Å². The molecule has 0 amide bonds. The first-order valence-electron chi connectivity index (χ1n) is 6.41. The summed E-state index contributed by atoms with van der Waals surface area (Å²) < 4.78 is 20.1. The molecule has 4 nitrogen and oxygen atoms in total. The number of hydrogen-bond acceptors (Lipinski definition) is 4. The number of benzene rings is 1. The van der Waals surface area contributed by atoms with Crippen LogP contribution in [0.3, 0.4) is 0 Å². The highest BCUT2D eigenvalue weighted by Gasteiger charge is 2.27. The summed E-state index contributed by atoms with van der Waals surface area (Å²) in [5, 5.41) is 19.3. The minimum absolute atomic E-state index is 0.129. The Bertz CT molecular complexity index is 613. The monoisotopic (exact) mass is 273 g/mol. The smallest absolute Gasteiger partial charge is 0.138 e. The van der Waals surface area contributed by atoms with Gasteiger partial charge < -0.3 is 15.5 Å². The van der Waals surface area contributed by atoms with Crippen LogP contribution in [-0.4, -0.2) is 19.4 Å². The van der Waals surface area contributed by atoms with Gasteiger partial charge in [-0.25, -0.2) is 4.39 Å². The maximum absolute atomic E-state index is 14.4. The molecule has 1 saturated carbocycles. The van der Waals surface area contributed by atoms with E-state index in [1.165, 1.54) is 6.08 Å². The fraction of sp³-hybridized carbons (Fsp3) is 0.333. The molecule has 5 heteroatoms. The normalized spacial score (nSPS) is 14.6. The lowest BCUT2D eigenvalue weighted by Gasteiger charge is -2.15. The number of halogens is 1. The maximum atomic E-state index is 14.4. The van der Waals surface area contributed by atoms with Crippen LogP contribution < -0.4 is 10.1 Å². The maximum Gasteiger partial charge on any atom is 0.138 e. The highest BCUT2D eigenvalue weighted by molar-refractivity contribution is 5.84. The van der Waals surface area contributed by atoms with Gasteiger partial charge in [0.25, 0.3) is 0 Å². The molecule has 2 rings (SSSR count). The van der Waals surface area contributed by atoms with Crippen LogP contribution in [0.15, 0.2) is 12.1 Å². The van der Waals surface area contributed by atoms with Crippen LogP contribution in [0.1, 0.15) is 29.5 Å². The Hall–Kier alpha value is -2.35. The molecule has 0 spiro atoms. The van der Waals surface area contributed by atoms with Crippen molar-refractivity contribution < 1.29 is 9.13 Å². The summed E-state index contributed by atoms with van der Waals surface area (Å²) in [4.78, 5) is 0. The lowest BCUT2D eigenvalue weighted by Crippen LogP contribution is -2.11. The second-order valence-corrected chi connectivity index (χ2v) is 4.68. The molecule has 1 aliphatic carbocycles. The third-order valence-corrected chi connectivity index (χ3v) is 3.13. The predicted octanol–water partition coefficient (Wildman–Crippen LogP) is 2.76. The third-order valence-electron chi connectivity index (χ3n) is 3.13. The summed E-state index contributed by atoms with van der Waals surface area (Å²) in [5.41, 5.74) is 1.13. The van der Waals surface area contributed by atoms with Crippen molar-refractivity contribution in [2.24, 2.45) is 0 Å². The largest absolute Gasteiger partial charge is 0.489 e. The van der Waals surface area contributed by atoms with Crippen molar-refractivity contribution in [3.05, 3.63) is 34.6 Å². The molecule has 104 valence electrons. The Morgan fingerprint density at radius 2 is 2.30 bits per heavy atom. The van der Waals surface area contributed by atoms with Crippen LogP contribution in [0.5, 0.6) is 5.75 Å². The van der Waals surface area contributed by atoms with Crippen molar-refractivity contribution >= 4 is 11.9 Å². The van der Waals surface area contributed by atoms with Gasteiger partial charge in [0.1, 0.15) is 23.2 Å². The van der Waals surface area contributed by atoms with Gasteiger partial charge in [-0.05, 0) is 37.5 Å². The summed E-state index contributed by atoms with van der Waals surface area (Å²) in [6.45, 7) is 1.64. The highest BCUT2D eigenvalue weighted by atomic mass is 19.1. The number of nitrogens with zero attached hydrogens (tertiary/aromatic N) is 1. The van der Waals surface area contributed by atoms with E-state index in [4.69, 9.17) is 10.1 Å². The van der Waals surface area contributed by atoms with Crippen molar-refractivity contribution in [2.45, 2.75) is 25.9 Å². The van der Waals surface area contributed by atoms with Crippen LogP contribution in [0, 0.1) is 29.5 Å². The minimum Gasteiger partial charge on any atom is -0.489 e. The third kappa shape index (κ3) is 2.64. The van der Waals surface area contributed by atoms with Crippen molar-refractivity contribution in [1.82, 2.24) is 5.32 Å². The molecule has 1 aromatic rings. The Kier molecular flexibility index (Phi) is 4.04. The number of aryl methyl sites for hydroxylation is 1. The average Bonchev–Trinajstić information content (AvgIpc) is 3.24. The zero-order valence-corrected chi connectivity index (χ0v) is 11.5. The topological polar surface area (TPSA) is 68.9 Å². The Morgan fingerprint density at radius 1 is 1.60 bits per heavy atom. The first-order valence-corrected chi connectivity index (χ1v) is 6.41. The van der Waals surface area contributed by atoms with E-state index >= 15 is 0 Å². The fourth-order valence-electron chi connectivity index (χ4n) is 1.96. The average molecular weight is 273 g/mol. The number of rotatable bonds is 5. The predicted molar refractivity (Wildman–Crippen MR) is 75.3 cm³/mol. The molecule has 0 aromatic heterocycles. The van der Waals surface area contributed by atoms with Gasteiger partial charge in [-0.1, -0.05) is 0 Å². The molecule has 2 N–H and O–H groups in total. The summed E-state index contributed by atoms with van der Waals surface area (Å²) in [5.74, 6) is -0.0535. The van der Waals surface area contributed by atoms with E-state index in [1.807, 2.05) is 6.07 Å². The Morgan fingerprint density at radius 3 is 2.80 bits per heavy atom. The van der Waals surface area contributed by atoms with Gasteiger partial charge in [-0.15, -0.1) is 0 Å². The molecule has 0 radical (unpaired) electrons.